The average molecular weight is 288 g/mol. The quantitative estimate of drug-likeness (QED) is 0.620. The predicted molar refractivity (Wildman–Crippen MR) is 45.0 cm³/mol. The zero-order valence-electron chi connectivity index (χ0n) is 5.74. The first-order chi connectivity index (χ1) is 5.57. The average Bonchev–Trinajstić information content (AvgIpc) is 2.02. The predicted octanol–water partition coefficient (Wildman–Crippen LogP) is 2.20. The molecule has 0 fully saturated rings. The Hall–Kier alpha value is -0.300. The molecule has 1 rings (SSSR count). The van der Waals surface area contributed by atoms with Crippen molar-refractivity contribution in [2.75, 3.05) is 0 Å². The fraction of sp³-hybridized carbons (Fsp3) is 0.143. The number of benzene rings is 1. The fourth-order valence-corrected chi connectivity index (χ4v) is 1.32. The maximum absolute atomic E-state index is 12.7. The summed E-state index contributed by atoms with van der Waals surface area (Å²) in [6, 6.07) is 0.455. The van der Waals surface area contributed by atoms with Gasteiger partial charge < -0.3 is 5.11 Å². The molecule has 0 unspecified atom stereocenters. The van der Waals surface area contributed by atoms with Gasteiger partial charge in [0.15, 0.2) is 11.6 Å². The second-order valence-electron chi connectivity index (χ2n) is 2.10. The second-order valence-corrected chi connectivity index (χ2v) is 3.18. The van der Waals surface area contributed by atoms with Gasteiger partial charge in [-0.3, -0.25) is 0 Å². The summed E-state index contributed by atoms with van der Waals surface area (Å²) in [6.07, 6.45) is 0. The molecule has 1 N–H and O–H groups in total. The number of halogens is 4. The van der Waals surface area contributed by atoms with E-state index in [-0.39, 0.29) is 9.13 Å². The Morgan fingerprint density at radius 3 is 2.33 bits per heavy atom. The minimum atomic E-state index is -1.28. The van der Waals surface area contributed by atoms with Crippen LogP contribution >= 0.6 is 22.6 Å². The lowest BCUT2D eigenvalue weighted by molar-refractivity contribution is 0.271. The third-order valence-corrected chi connectivity index (χ3v) is 2.53. The smallest absolute Gasteiger partial charge is 0.165 e. The monoisotopic (exact) mass is 288 g/mol. The zero-order valence-corrected chi connectivity index (χ0v) is 7.90. The summed E-state index contributed by atoms with van der Waals surface area (Å²) < 4.78 is 37.8. The summed E-state index contributed by atoms with van der Waals surface area (Å²) in [5.74, 6) is -3.33. The van der Waals surface area contributed by atoms with Crippen LogP contribution in [-0.2, 0) is 6.61 Å². The van der Waals surface area contributed by atoms with Crippen LogP contribution in [0.4, 0.5) is 13.2 Å². The van der Waals surface area contributed by atoms with Crippen LogP contribution in [0, 0.1) is 21.0 Å². The fourth-order valence-electron chi connectivity index (χ4n) is 0.761. The Kier molecular flexibility index (Phi) is 2.94. The molecule has 0 amide bonds. The van der Waals surface area contributed by atoms with Crippen LogP contribution in [0.3, 0.4) is 0 Å². The maximum Gasteiger partial charge on any atom is 0.165 e. The summed E-state index contributed by atoms with van der Waals surface area (Å²) in [4.78, 5) is 0. The van der Waals surface area contributed by atoms with E-state index in [2.05, 4.69) is 0 Å². The number of aliphatic hydroxyl groups is 1. The minimum Gasteiger partial charge on any atom is -0.392 e. The highest BCUT2D eigenvalue weighted by Crippen LogP contribution is 2.21. The largest absolute Gasteiger partial charge is 0.392 e. The van der Waals surface area contributed by atoms with E-state index in [4.69, 9.17) is 5.11 Å². The van der Waals surface area contributed by atoms with Crippen LogP contribution in [0.5, 0.6) is 0 Å². The van der Waals surface area contributed by atoms with E-state index in [1.54, 1.807) is 0 Å². The van der Waals surface area contributed by atoms with E-state index in [0.717, 1.165) is 0 Å². The molecule has 0 spiro atoms. The lowest BCUT2D eigenvalue weighted by atomic mass is 10.2. The Morgan fingerprint density at radius 2 is 1.83 bits per heavy atom. The molecule has 66 valence electrons. The van der Waals surface area contributed by atoms with E-state index in [1.165, 1.54) is 22.6 Å². The maximum atomic E-state index is 12.7. The first-order valence-corrected chi connectivity index (χ1v) is 4.08. The highest BCUT2D eigenvalue weighted by atomic mass is 127. The molecular weight excluding hydrogens is 284 g/mol. The van der Waals surface area contributed by atoms with Crippen molar-refractivity contribution < 1.29 is 18.3 Å². The van der Waals surface area contributed by atoms with E-state index < -0.39 is 24.1 Å². The molecule has 0 bridgehead atoms. The molecule has 0 radical (unpaired) electrons. The molecule has 0 aliphatic carbocycles. The van der Waals surface area contributed by atoms with Gasteiger partial charge in [-0.2, -0.15) is 0 Å². The second kappa shape index (κ2) is 3.61. The SMILES string of the molecule is OCc1c(F)c(F)cc(F)c1I. The molecule has 0 saturated carbocycles. The van der Waals surface area contributed by atoms with E-state index in [9.17, 15) is 13.2 Å². The van der Waals surface area contributed by atoms with Gasteiger partial charge in [-0.25, -0.2) is 13.2 Å². The minimum absolute atomic E-state index is 0.0889. The lowest BCUT2D eigenvalue weighted by Gasteiger charge is -2.04. The number of hydrogen-bond acceptors (Lipinski definition) is 1. The van der Waals surface area contributed by atoms with Gasteiger partial charge in [-0.05, 0) is 22.6 Å². The summed E-state index contributed by atoms with van der Waals surface area (Å²) in [7, 11) is 0. The van der Waals surface area contributed by atoms with Gasteiger partial charge in [0, 0.05) is 11.6 Å². The van der Waals surface area contributed by atoms with Gasteiger partial charge >= 0.3 is 0 Å². The van der Waals surface area contributed by atoms with Crippen LogP contribution in [0.25, 0.3) is 0 Å². The summed E-state index contributed by atoms with van der Waals surface area (Å²) in [5, 5.41) is 8.57. The van der Waals surface area contributed by atoms with Crippen molar-refractivity contribution in [3.05, 3.63) is 32.7 Å². The van der Waals surface area contributed by atoms with Crippen molar-refractivity contribution in [1.82, 2.24) is 0 Å². The summed E-state index contributed by atoms with van der Waals surface area (Å²) in [5.41, 5.74) is -0.340. The van der Waals surface area contributed by atoms with Gasteiger partial charge in [0.05, 0.1) is 10.2 Å². The molecule has 0 saturated heterocycles. The van der Waals surface area contributed by atoms with Crippen LogP contribution in [0.1, 0.15) is 5.56 Å². The number of hydrogen-bond donors (Lipinski definition) is 1. The van der Waals surface area contributed by atoms with Crippen LogP contribution in [0.2, 0.25) is 0 Å². The van der Waals surface area contributed by atoms with Gasteiger partial charge in [-0.15, -0.1) is 0 Å². The highest BCUT2D eigenvalue weighted by molar-refractivity contribution is 14.1. The van der Waals surface area contributed by atoms with Gasteiger partial charge in [0.1, 0.15) is 5.82 Å². The summed E-state index contributed by atoms with van der Waals surface area (Å²) >= 11 is 1.51. The standard InChI is InChI=1S/C7H4F3IO/c8-4-1-5(9)7(11)3(2-12)6(4)10/h1,12H,2H2. The summed E-state index contributed by atoms with van der Waals surface area (Å²) in [6.45, 7) is -0.710. The molecule has 1 aromatic carbocycles. The Bertz CT molecular complexity index is 288. The molecule has 0 atom stereocenters. The first-order valence-electron chi connectivity index (χ1n) is 3.00. The van der Waals surface area contributed by atoms with Crippen molar-refractivity contribution in [3.63, 3.8) is 0 Å². The van der Waals surface area contributed by atoms with Gasteiger partial charge in [0.2, 0.25) is 0 Å². The lowest BCUT2D eigenvalue weighted by Crippen LogP contribution is -2.00. The molecule has 0 aliphatic rings. The van der Waals surface area contributed by atoms with E-state index >= 15 is 0 Å². The molecule has 0 aliphatic heterocycles. The first kappa shape index (κ1) is 9.79. The van der Waals surface area contributed by atoms with Gasteiger partial charge in [-0.1, -0.05) is 0 Å². The Labute approximate surface area is 80.3 Å². The van der Waals surface area contributed by atoms with Gasteiger partial charge in [0.25, 0.3) is 0 Å². The molecule has 5 heteroatoms. The Balaban J connectivity index is 3.42. The molecule has 1 aromatic rings. The molecule has 0 aromatic heterocycles. The van der Waals surface area contributed by atoms with E-state index in [0.29, 0.717) is 6.07 Å². The molecule has 0 heterocycles. The normalized spacial score (nSPS) is 10.4. The molecular formula is C7H4F3IO. The molecule has 1 nitrogen and oxygen atoms in total. The third kappa shape index (κ3) is 1.56. The van der Waals surface area contributed by atoms with Crippen molar-refractivity contribution in [1.29, 1.82) is 0 Å². The number of rotatable bonds is 1. The van der Waals surface area contributed by atoms with Crippen molar-refractivity contribution in [3.8, 4) is 0 Å². The molecule has 12 heavy (non-hydrogen) atoms. The van der Waals surface area contributed by atoms with Crippen LogP contribution in [-0.4, -0.2) is 5.11 Å². The van der Waals surface area contributed by atoms with Crippen molar-refractivity contribution >= 4 is 22.6 Å². The topological polar surface area (TPSA) is 20.2 Å². The number of aliphatic hydroxyl groups excluding tert-OH is 1. The zero-order chi connectivity index (χ0) is 9.30. The van der Waals surface area contributed by atoms with Crippen LogP contribution in [0.15, 0.2) is 6.07 Å². The Morgan fingerprint density at radius 1 is 1.25 bits per heavy atom. The van der Waals surface area contributed by atoms with E-state index in [1.807, 2.05) is 0 Å². The van der Waals surface area contributed by atoms with Crippen LogP contribution < -0.4 is 0 Å². The van der Waals surface area contributed by atoms with Crippen molar-refractivity contribution in [2.45, 2.75) is 6.61 Å². The highest BCUT2D eigenvalue weighted by Gasteiger charge is 2.15. The third-order valence-electron chi connectivity index (χ3n) is 1.36. The van der Waals surface area contributed by atoms with Crippen molar-refractivity contribution in [2.24, 2.45) is 0 Å².